The fourth-order valence-corrected chi connectivity index (χ4v) is 2.82. The van der Waals surface area contributed by atoms with Crippen molar-refractivity contribution in [2.24, 2.45) is 4.99 Å². The van der Waals surface area contributed by atoms with E-state index in [-0.39, 0.29) is 36.1 Å². The van der Waals surface area contributed by atoms with Crippen LogP contribution in [0.25, 0.3) is 0 Å². The van der Waals surface area contributed by atoms with E-state index in [0.29, 0.717) is 12.5 Å². The largest absolute Gasteiger partial charge is 0.357 e. The van der Waals surface area contributed by atoms with Gasteiger partial charge in [-0.2, -0.15) is 0 Å². The van der Waals surface area contributed by atoms with Crippen LogP contribution in [0.5, 0.6) is 0 Å². The Hall–Kier alpha value is -2.04. The second-order valence-electron chi connectivity index (χ2n) is 5.93. The number of aliphatic imine (C=N–C) groups is 1. The van der Waals surface area contributed by atoms with Crippen LogP contribution in [-0.2, 0) is 6.54 Å². The predicted molar refractivity (Wildman–Crippen MR) is 112 cm³/mol. The van der Waals surface area contributed by atoms with Crippen molar-refractivity contribution in [2.45, 2.75) is 13.5 Å². The SMILES string of the molecule is CCNC(=NCc1cc(F)ccc1F)N1CCN(c2ncccn2)CC1.I. The molecular formula is C18H23F2IN6. The summed E-state index contributed by atoms with van der Waals surface area (Å²) in [7, 11) is 0. The number of benzene rings is 1. The van der Waals surface area contributed by atoms with E-state index in [0.717, 1.165) is 44.3 Å². The number of anilines is 1. The van der Waals surface area contributed by atoms with Crippen molar-refractivity contribution in [3.8, 4) is 0 Å². The first kappa shape index (κ1) is 21.3. The van der Waals surface area contributed by atoms with Gasteiger partial charge in [0.15, 0.2) is 5.96 Å². The zero-order valence-corrected chi connectivity index (χ0v) is 17.4. The van der Waals surface area contributed by atoms with Crippen LogP contribution in [0.4, 0.5) is 14.7 Å². The Labute approximate surface area is 174 Å². The molecule has 0 atom stereocenters. The number of halogens is 3. The molecular weight excluding hydrogens is 465 g/mol. The van der Waals surface area contributed by atoms with Gasteiger partial charge in [0.1, 0.15) is 11.6 Å². The molecule has 1 aliphatic rings. The molecule has 27 heavy (non-hydrogen) atoms. The van der Waals surface area contributed by atoms with Gasteiger partial charge >= 0.3 is 0 Å². The van der Waals surface area contributed by atoms with Crippen LogP contribution in [0.3, 0.4) is 0 Å². The maximum Gasteiger partial charge on any atom is 0.225 e. The normalized spacial score (nSPS) is 14.7. The van der Waals surface area contributed by atoms with E-state index < -0.39 is 11.6 Å². The van der Waals surface area contributed by atoms with E-state index in [1.165, 1.54) is 6.07 Å². The van der Waals surface area contributed by atoms with E-state index in [1.54, 1.807) is 18.5 Å². The molecule has 9 heteroatoms. The second-order valence-corrected chi connectivity index (χ2v) is 5.93. The van der Waals surface area contributed by atoms with Crippen molar-refractivity contribution in [1.29, 1.82) is 0 Å². The molecule has 0 unspecified atom stereocenters. The summed E-state index contributed by atoms with van der Waals surface area (Å²) in [6, 6.07) is 5.22. The van der Waals surface area contributed by atoms with Gasteiger partial charge in [-0.1, -0.05) is 0 Å². The van der Waals surface area contributed by atoms with Crippen LogP contribution in [0.1, 0.15) is 12.5 Å². The highest BCUT2D eigenvalue weighted by Gasteiger charge is 2.21. The van der Waals surface area contributed by atoms with Crippen molar-refractivity contribution in [1.82, 2.24) is 20.2 Å². The van der Waals surface area contributed by atoms with Crippen molar-refractivity contribution < 1.29 is 8.78 Å². The summed E-state index contributed by atoms with van der Waals surface area (Å²) >= 11 is 0. The lowest BCUT2D eigenvalue weighted by molar-refractivity contribution is 0.370. The van der Waals surface area contributed by atoms with Gasteiger partial charge in [0.05, 0.1) is 6.54 Å². The molecule has 1 saturated heterocycles. The minimum atomic E-state index is -0.460. The van der Waals surface area contributed by atoms with Gasteiger partial charge in [0, 0.05) is 50.7 Å². The summed E-state index contributed by atoms with van der Waals surface area (Å²) in [6.45, 7) is 5.80. The van der Waals surface area contributed by atoms with Gasteiger partial charge in [-0.3, -0.25) is 0 Å². The molecule has 1 fully saturated rings. The Kier molecular flexibility index (Phi) is 8.14. The van der Waals surface area contributed by atoms with Gasteiger partial charge in [-0.15, -0.1) is 24.0 Å². The lowest BCUT2D eigenvalue weighted by Crippen LogP contribution is -2.53. The van der Waals surface area contributed by atoms with Crippen molar-refractivity contribution in [3.05, 3.63) is 53.9 Å². The summed E-state index contributed by atoms with van der Waals surface area (Å²) in [5.74, 6) is 0.510. The number of guanidine groups is 1. The van der Waals surface area contributed by atoms with Crippen molar-refractivity contribution in [2.75, 3.05) is 37.6 Å². The summed E-state index contributed by atoms with van der Waals surface area (Å²) in [5, 5.41) is 3.22. The minimum absolute atomic E-state index is 0. The topological polar surface area (TPSA) is 56.7 Å². The van der Waals surface area contributed by atoms with Crippen LogP contribution < -0.4 is 10.2 Å². The van der Waals surface area contributed by atoms with E-state index in [2.05, 4.69) is 30.1 Å². The van der Waals surface area contributed by atoms with Crippen molar-refractivity contribution in [3.63, 3.8) is 0 Å². The van der Waals surface area contributed by atoms with E-state index >= 15 is 0 Å². The number of piperazine rings is 1. The Morgan fingerprint density at radius 2 is 1.85 bits per heavy atom. The number of nitrogens with one attached hydrogen (secondary N) is 1. The number of aromatic nitrogens is 2. The number of nitrogens with zero attached hydrogens (tertiary/aromatic N) is 5. The average Bonchev–Trinajstić information content (AvgIpc) is 2.68. The molecule has 1 N–H and O–H groups in total. The first-order valence-corrected chi connectivity index (χ1v) is 8.66. The number of hydrogen-bond acceptors (Lipinski definition) is 4. The maximum absolute atomic E-state index is 13.8. The molecule has 0 aliphatic carbocycles. The quantitative estimate of drug-likeness (QED) is 0.408. The average molecular weight is 488 g/mol. The van der Waals surface area contributed by atoms with Crippen LogP contribution in [0, 0.1) is 11.6 Å². The molecule has 3 rings (SSSR count). The molecule has 146 valence electrons. The standard InChI is InChI=1S/C18H22F2N6.HI/c1-2-21-17(24-13-14-12-15(19)4-5-16(14)20)25-8-10-26(11-9-25)18-22-6-3-7-23-18;/h3-7,12H,2,8-11,13H2,1H3,(H,21,24);1H. The second kappa shape index (κ2) is 10.3. The molecule has 1 aromatic carbocycles. The van der Waals surface area contributed by atoms with Crippen LogP contribution in [-0.4, -0.2) is 53.6 Å². The van der Waals surface area contributed by atoms with Gasteiger partial charge in [0.2, 0.25) is 5.95 Å². The summed E-state index contributed by atoms with van der Waals surface area (Å²) in [5.41, 5.74) is 0.247. The summed E-state index contributed by atoms with van der Waals surface area (Å²) in [6.07, 6.45) is 3.46. The summed E-state index contributed by atoms with van der Waals surface area (Å²) in [4.78, 5) is 17.3. The first-order valence-electron chi connectivity index (χ1n) is 8.66. The highest BCUT2D eigenvalue weighted by atomic mass is 127. The first-order chi connectivity index (χ1) is 12.7. The Bertz CT molecular complexity index is 751. The monoisotopic (exact) mass is 488 g/mol. The van der Waals surface area contributed by atoms with Gasteiger partial charge in [-0.25, -0.2) is 23.7 Å². The number of hydrogen-bond donors (Lipinski definition) is 1. The zero-order valence-electron chi connectivity index (χ0n) is 15.1. The molecule has 0 radical (unpaired) electrons. The van der Waals surface area contributed by atoms with Crippen LogP contribution in [0.15, 0.2) is 41.7 Å². The molecule has 6 nitrogen and oxygen atoms in total. The van der Waals surface area contributed by atoms with Crippen LogP contribution in [0.2, 0.25) is 0 Å². The molecule has 0 saturated carbocycles. The molecule has 2 heterocycles. The Morgan fingerprint density at radius 1 is 1.15 bits per heavy atom. The third kappa shape index (κ3) is 5.72. The third-order valence-electron chi connectivity index (χ3n) is 4.16. The van der Waals surface area contributed by atoms with Crippen LogP contribution >= 0.6 is 24.0 Å². The maximum atomic E-state index is 13.8. The fraction of sp³-hybridized carbons (Fsp3) is 0.389. The fourth-order valence-electron chi connectivity index (χ4n) is 2.82. The lowest BCUT2D eigenvalue weighted by atomic mass is 10.2. The molecule has 1 aromatic heterocycles. The predicted octanol–water partition coefficient (Wildman–Crippen LogP) is 2.66. The van der Waals surface area contributed by atoms with Gasteiger partial charge < -0.3 is 15.1 Å². The number of rotatable bonds is 4. The zero-order chi connectivity index (χ0) is 18.4. The van der Waals surface area contributed by atoms with Gasteiger partial charge in [0.25, 0.3) is 0 Å². The van der Waals surface area contributed by atoms with E-state index in [4.69, 9.17) is 0 Å². The molecule has 1 aliphatic heterocycles. The lowest BCUT2D eigenvalue weighted by Gasteiger charge is -2.36. The highest BCUT2D eigenvalue weighted by molar-refractivity contribution is 14.0. The molecule has 0 bridgehead atoms. The van der Waals surface area contributed by atoms with E-state index in [1.807, 2.05) is 6.92 Å². The molecule has 0 spiro atoms. The molecule has 0 amide bonds. The third-order valence-corrected chi connectivity index (χ3v) is 4.16. The Morgan fingerprint density at radius 3 is 2.52 bits per heavy atom. The highest BCUT2D eigenvalue weighted by Crippen LogP contribution is 2.13. The van der Waals surface area contributed by atoms with E-state index in [9.17, 15) is 8.78 Å². The Balaban J connectivity index is 0.00000261. The van der Waals surface area contributed by atoms with Crippen molar-refractivity contribution >= 4 is 35.9 Å². The summed E-state index contributed by atoms with van der Waals surface area (Å²) < 4.78 is 27.1. The smallest absolute Gasteiger partial charge is 0.225 e. The van der Waals surface area contributed by atoms with Gasteiger partial charge in [-0.05, 0) is 31.2 Å². The molecule has 2 aromatic rings. The minimum Gasteiger partial charge on any atom is -0.357 e.